The fourth-order valence-electron chi connectivity index (χ4n) is 1.35. The lowest BCUT2D eigenvalue weighted by Gasteiger charge is -2.13. The van der Waals surface area contributed by atoms with Crippen LogP contribution in [0.1, 0.15) is 12.8 Å². The summed E-state index contributed by atoms with van der Waals surface area (Å²) in [7, 11) is 0. The van der Waals surface area contributed by atoms with Crippen LogP contribution in [0.3, 0.4) is 0 Å². The van der Waals surface area contributed by atoms with E-state index in [0.717, 1.165) is 0 Å². The Bertz CT molecular complexity index is 394. The maximum atomic E-state index is 11.5. The number of aliphatic carboxylic acids is 1. The summed E-state index contributed by atoms with van der Waals surface area (Å²) in [6.45, 7) is 0.374. The number of rotatable bonds is 6. The van der Waals surface area contributed by atoms with Gasteiger partial charge >= 0.3 is 12.1 Å². The topological polar surface area (TPSA) is 102 Å². The van der Waals surface area contributed by atoms with Gasteiger partial charge in [-0.1, -0.05) is 18.2 Å². The zero-order valence-corrected chi connectivity index (χ0v) is 9.83. The Labute approximate surface area is 105 Å². The van der Waals surface area contributed by atoms with E-state index in [-0.39, 0.29) is 6.42 Å². The first-order valence-corrected chi connectivity index (χ1v) is 5.59. The number of nitrogens with two attached hydrogens (primary N) is 1. The molecule has 0 aliphatic heterocycles. The van der Waals surface area contributed by atoms with Crippen LogP contribution in [0.15, 0.2) is 30.3 Å². The highest BCUT2D eigenvalue weighted by molar-refractivity contribution is 5.80. The number of carboxylic acids is 1. The second-order valence-electron chi connectivity index (χ2n) is 3.67. The molecular weight excluding hydrogens is 236 g/mol. The molecule has 0 bridgehead atoms. The Morgan fingerprint density at radius 2 is 2.00 bits per heavy atom. The first-order chi connectivity index (χ1) is 8.63. The lowest BCUT2D eigenvalue weighted by atomic mass is 10.1. The number of carbonyl (C=O) groups is 2. The number of hydrogen-bond donors (Lipinski definition) is 3. The maximum Gasteiger partial charge on any atom is 0.413 e. The normalized spacial score (nSPS) is 11.6. The zero-order chi connectivity index (χ0) is 13.4. The summed E-state index contributed by atoms with van der Waals surface area (Å²) in [6.07, 6.45) is 0.00353. The summed E-state index contributed by atoms with van der Waals surface area (Å²) >= 11 is 0. The Kier molecular flexibility index (Phi) is 5.66. The lowest BCUT2D eigenvalue weighted by molar-refractivity contribution is -0.139. The fourth-order valence-corrected chi connectivity index (χ4v) is 1.35. The molecule has 1 aromatic carbocycles. The summed E-state index contributed by atoms with van der Waals surface area (Å²) in [4.78, 5) is 22.3. The molecule has 1 atom stereocenters. The van der Waals surface area contributed by atoms with Crippen molar-refractivity contribution in [3.8, 4) is 5.75 Å². The van der Waals surface area contributed by atoms with Gasteiger partial charge < -0.3 is 20.9 Å². The monoisotopic (exact) mass is 252 g/mol. The summed E-state index contributed by atoms with van der Waals surface area (Å²) in [5.74, 6) is -0.744. The fraction of sp³-hybridized carbons (Fsp3) is 0.333. The van der Waals surface area contributed by atoms with Gasteiger partial charge in [0, 0.05) is 0 Å². The molecule has 0 aliphatic rings. The van der Waals surface area contributed by atoms with Crippen LogP contribution in [0.25, 0.3) is 0 Å². The van der Waals surface area contributed by atoms with Crippen LogP contribution in [0.5, 0.6) is 5.75 Å². The molecule has 1 unspecified atom stereocenters. The molecule has 18 heavy (non-hydrogen) atoms. The predicted octanol–water partition coefficient (Wildman–Crippen LogP) is 0.967. The van der Waals surface area contributed by atoms with Crippen molar-refractivity contribution < 1.29 is 19.4 Å². The first-order valence-electron chi connectivity index (χ1n) is 5.59. The molecule has 0 fully saturated rings. The van der Waals surface area contributed by atoms with E-state index in [9.17, 15) is 9.59 Å². The van der Waals surface area contributed by atoms with E-state index in [1.165, 1.54) is 0 Å². The molecule has 0 spiro atoms. The van der Waals surface area contributed by atoms with Crippen molar-refractivity contribution in [3.63, 3.8) is 0 Å². The van der Waals surface area contributed by atoms with Gasteiger partial charge in [-0.3, -0.25) is 0 Å². The van der Waals surface area contributed by atoms with E-state index < -0.39 is 18.1 Å². The van der Waals surface area contributed by atoms with Crippen molar-refractivity contribution in [2.75, 3.05) is 6.54 Å². The summed E-state index contributed by atoms with van der Waals surface area (Å²) in [6, 6.07) is 7.44. The number of hydrogen-bond acceptors (Lipinski definition) is 4. The minimum Gasteiger partial charge on any atom is -0.480 e. The third-order valence-corrected chi connectivity index (χ3v) is 2.24. The molecule has 1 rings (SSSR count). The predicted molar refractivity (Wildman–Crippen MR) is 65.3 cm³/mol. The van der Waals surface area contributed by atoms with Crippen molar-refractivity contribution in [1.29, 1.82) is 0 Å². The van der Waals surface area contributed by atoms with Gasteiger partial charge in [0.25, 0.3) is 0 Å². The average molecular weight is 252 g/mol. The molecule has 1 amide bonds. The number of amides is 1. The number of carbonyl (C=O) groups excluding carboxylic acids is 1. The van der Waals surface area contributed by atoms with Crippen LogP contribution < -0.4 is 15.8 Å². The van der Waals surface area contributed by atoms with E-state index in [4.69, 9.17) is 15.6 Å². The molecule has 0 aliphatic carbocycles. The van der Waals surface area contributed by atoms with E-state index in [1.54, 1.807) is 30.3 Å². The van der Waals surface area contributed by atoms with Crippen LogP contribution in [-0.4, -0.2) is 29.8 Å². The smallest absolute Gasteiger partial charge is 0.413 e. The SMILES string of the molecule is NCCCC(NC(=O)Oc1ccccc1)C(=O)O. The maximum absolute atomic E-state index is 11.5. The van der Waals surface area contributed by atoms with Crippen molar-refractivity contribution in [3.05, 3.63) is 30.3 Å². The zero-order valence-electron chi connectivity index (χ0n) is 9.83. The molecular formula is C12H16N2O4. The molecule has 4 N–H and O–H groups in total. The molecule has 0 heterocycles. The second-order valence-corrected chi connectivity index (χ2v) is 3.67. The van der Waals surface area contributed by atoms with Crippen molar-refractivity contribution in [2.24, 2.45) is 5.73 Å². The van der Waals surface area contributed by atoms with Gasteiger partial charge in [0.05, 0.1) is 0 Å². The third kappa shape index (κ3) is 4.84. The minimum absolute atomic E-state index is 0.274. The summed E-state index contributed by atoms with van der Waals surface area (Å²) < 4.78 is 4.93. The molecule has 98 valence electrons. The van der Waals surface area contributed by atoms with Crippen LogP contribution in [0.2, 0.25) is 0 Å². The van der Waals surface area contributed by atoms with Crippen molar-refractivity contribution in [1.82, 2.24) is 5.32 Å². The van der Waals surface area contributed by atoms with Gasteiger partial charge in [-0.05, 0) is 31.5 Å². The summed E-state index contributed by atoms with van der Waals surface area (Å²) in [5.41, 5.74) is 5.29. The van der Waals surface area contributed by atoms with E-state index in [2.05, 4.69) is 5.32 Å². The molecule has 0 radical (unpaired) electrons. The van der Waals surface area contributed by atoms with Gasteiger partial charge in [-0.15, -0.1) is 0 Å². The Balaban J connectivity index is 2.48. The minimum atomic E-state index is -1.10. The van der Waals surface area contributed by atoms with Gasteiger partial charge in [0.15, 0.2) is 0 Å². The Morgan fingerprint density at radius 3 is 2.56 bits per heavy atom. The van der Waals surface area contributed by atoms with Crippen LogP contribution in [0, 0.1) is 0 Å². The summed E-state index contributed by atoms with van der Waals surface area (Å²) in [5, 5.41) is 11.2. The van der Waals surface area contributed by atoms with E-state index >= 15 is 0 Å². The van der Waals surface area contributed by atoms with Gasteiger partial charge in [-0.2, -0.15) is 0 Å². The van der Waals surface area contributed by atoms with Gasteiger partial charge in [0.2, 0.25) is 0 Å². The number of para-hydroxylation sites is 1. The third-order valence-electron chi connectivity index (χ3n) is 2.24. The Morgan fingerprint density at radius 1 is 1.33 bits per heavy atom. The van der Waals surface area contributed by atoms with Gasteiger partial charge in [-0.25, -0.2) is 9.59 Å². The van der Waals surface area contributed by atoms with E-state index in [0.29, 0.717) is 18.7 Å². The molecule has 6 nitrogen and oxygen atoms in total. The number of ether oxygens (including phenoxy) is 1. The largest absolute Gasteiger partial charge is 0.480 e. The second kappa shape index (κ2) is 7.29. The highest BCUT2D eigenvalue weighted by atomic mass is 16.6. The standard InChI is InChI=1S/C12H16N2O4/c13-8-4-7-10(11(15)16)14-12(17)18-9-5-2-1-3-6-9/h1-3,5-6,10H,4,7-8,13H2,(H,14,17)(H,15,16). The van der Waals surface area contributed by atoms with Crippen molar-refractivity contribution in [2.45, 2.75) is 18.9 Å². The molecule has 0 saturated carbocycles. The highest BCUT2D eigenvalue weighted by Gasteiger charge is 2.20. The molecule has 0 aromatic heterocycles. The van der Waals surface area contributed by atoms with Crippen LogP contribution in [0.4, 0.5) is 4.79 Å². The molecule has 6 heteroatoms. The number of carboxylic acid groups (broad SMARTS) is 1. The van der Waals surface area contributed by atoms with Crippen molar-refractivity contribution >= 4 is 12.1 Å². The van der Waals surface area contributed by atoms with Crippen LogP contribution in [-0.2, 0) is 4.79 Å². The molecule has 1 aromatic rings. The lowest BCUT2D eigenvalue weighted by Crippen LogP contribution is -2.42. The number of benzene rings is 1. The van der Waals surface area contributed by atoms with E-state index in [1.807, 2.05) is 0 Å². The quantitative estimate of drug-likeness (QED) is 0.700. The van der Waals surface area contributed by atoms with Crippen LogP contribution >= 0.6 is 0 Å². The first kappa shape index (κ1) is 14.0. The average Bonchev–Trinajstić information content (AvgIpc) is 2.35. The molecule has 0 saturated heterocycles. The van der Waals surface area contributed by atoms with Gasteiger partial charge in [0.1, 0.15) is 11.8 Å². The number of nitrogens with one attached hydrogen (secondary N) is 1. The highest BCUT2D eigenvalue weighted by Crippen LogP contribution is 2.08. The Hall–Kier alpha value is -2.08.